The van der Waals surface area contributed by atoms with E-state index in [-0.39, 0.29) is 21.6 Å². The van der Waals surface area contributed by atoms with E-state index in [1.807, 2.05) is 0 Å². The number of benzene rings is 2. The lowest BCUT2D eigenvalue weighted by molar-refractivity contribution is -0.111. The second kappa shape index (κ2) is 7.64. The fourth-order valence-corrected chi connectivity index (χ4v) is 3.86. The Labute approximate surface area is 176 Å². The van der Waals surface area contributed by atoms with E-state index in [1.54, 1.807) is 19.2 Å². The zero-order valence-corrected chi connectivity index (χ0v) is 17.4. The minimum absolute atomic E-state index is 0.0258. The molecule has 1 aliphatic rings. The molecule has 2 aromatic carbocycles. The largest absolute Gasteiger partial charge is 0.331 e. The van der Waals surface area contributed by atoms with Crippen molar-refractivity contribution in [2.24, 2.45) is 10.2 Å². The number of thiocarbonyl (C=S) groups is 1. The Morgan fingerprint density at radius 2 is 1.86 bits per heavy atom. The van der Waals surface area contributed by atoms with Crippen LogP contribution in [0.25, 0.3) is 0 Å². The molecule has 0 radical (unpaired) electrons. The lowest BCUT2D eigenvalue weighted by atomic mass is 10.1. The highest BCUT2D eigenvalue weighted by molar-refractivity contribution is 7.89. The zero-order chi connectivity index (χ0) is 20.6. The van der Waals surface area contributed by atoms with Gasteiger partial charge in [0.2, 0.25) is 10.0 Å². The molecule has 0 aromatic heterocycles. The minimum Gasteiger partial charge on any atom is -0.331 e. The Morgan fingerprint density at radius 1 is 1.21 bits per heavy atom. The Balaban J connectivity index is 1.77. The summed E-state index contributed by atoms with van der Waals surface area (Å²) in [4.78, 5) is 13.8. The van der Waals surface area contributed by atoms with Crippen LogP contribution in [0.3, 0.4) is 0 Å². The van der Waals surface area contributed by atoms with Gasteiger partial charge in [-0.25, -0.2) is 13.6 Å². The molecule has 12 heteroatoms. The van der Waals surface area contributed by atoms with E-state index in [1.165, 1.54) is 29.2 Å². The summed E-state index contributed by atoms with van der Waals surface area (Å²) in [7, 11) is -2.20. The molecule has 0 spiro atoms. The average Bonchev–Trinajstić information content (AvgIpc) is 2.83. The highest BCUT2D eigenvalue weighted by Crippen LogP contribution is 2.37. The molecule has 1 amide bonds. The van der Waals surface area contributed by atoms with Crippen LogP contribution < -0.4 is 20.8 Å². The van der Waals surface area contributed by atoms with Gasteiger partial charge in [-0.05, 0) is 48.6 Å². The summed E-state index contributed by atoms with van der Waals surface area (Å²) in [5.74, 6) is -0.369. The van der Waals surface area contributed by atoms with Crippen molar-refractivity contribution in [3.05, 3.63) is 52.0 Å². The number of likely N-dealkylation sites (N-methyl/N-ethyl adjacent to an activating group) is 1. The summed E-state index contributed by atoms with van der Waals surface area (Å²) < 4.78 is 22.5. The SMILES string of the molecule is CN1C(=O)C(=NNC(=S)Nc2ccc(S(N)(=O)=O)cc2)c2cc(Cl)cc(Cl)c21. The number of nitrogens with one attached hydrogen (secondary N) is 2. The number of carbonyl (C=O) groups is 1. The number of nitrogens with zero attached hydrogens (tertiary/aromatic N) is 2. The summed E-state index contributed by atoms with van der Waals surface area (Å²) in [6.45, 7) is 0. The molecule has 28 heavy (non-hydrogen) atoms. The number of rotatable bonds is 3. The molecule has 4 N–H and O–H groups in total. The van der Waals surface area contributed by atoms with Crippen LogP contribution in [0.2, 0.25) is 10.0 Å². The average molecular weight is 458 g/mol. The Hall–Kier alpha value is -2.24. The van der Waals surface area contributed by atoms with Crippen molar-refractivity contribution in [1.29, 1.82) is 0 Å². The van der Waals surface area contributed by atoms with Crippen molar-refractivity contribution in [1.82, 2.24) is 5.43 Å². The van der Waals surface area contributed by atoms with E-state index in [0.29, 0.717) is 27.0 Å². The molecule has 0 bridgehead atoms. The number of hydrogen-bond donors (Lipinski definition) is 3. The number of sulfonamides is 1. The van der Waals surface area contributed by atoms with Gasteiger partial charge in [0.15, 0.2) is 10.8 Å². The van der Waals surface area contributed by atoms with Crippen molar-refractivity contribution in [3.63, 3.8) is 0 Å². The molecular formula is C16H13Cl2N5O3S2. The summed E-state index contributed by atoms with van der Waals surface area (Å²) in [5.41, 5.74) is 4.19. The number of carbonyl (C=O) groups excluding carboxylic acids is 1. The van der Waals surface area contributed by atoms with Gasteiger partial charge < -0.3 is 10.2 Å². The highest BCUT2D eigenvalue weighted by Gasteiger charge is 2.34. The maximum absolute atomic E-state index is 12.4. The standard InChI is InChI=1S/C16H13Cl2N5O3S2/c1-23-14-11(6-8(17)7-12(14)18)13(15(23)24)21-22-16(27)20-9-2-4-10(5-3-9)28(19,25)26/h2-7H,1H3,(H2,19,25,26)(H2,20,22,27). The van der Waals surface area contributed by atoms with Gasteiger partial charge in [-0.2, -0.15) is 5.10 Å². The third kappa shape index (κ3) is 4.10. The smallest absolute Gasteiger partial charge is 0.279 e. The van der Waals surface area contributed by atoms with E-state index in [9.17, 15) is 13.2 Å². The molecule has 1 aliphatic heterocycles. The molecule has 0 aliphatic carbocycles. The molecular weight excluding hydrogens is 445 g/mol. The molecule has 0 saturated heterocycles. The van der Waals surface area contributed by atoms with Crippen molar-refractivity contribution < 1.29 is 13.2 Å². The van der Waals surface area contributed by atoms with Crippen molar-refractivity contribution in [3.8, 4) is 0 Å². The van der Waals surface area contributed by atoms with Crippen LogP contribution in [0.1, 0.15) is 5.56 Å². The van der Waals surface area contributed by atoms with Crippen LogP contribution >= 0.6 is 35.4 Å². The summed E-state index contributed by atoms with van der Waals surface area (Å²) >= 11 is 17.3. The number of amides is 1. The first-order chi connectivity index (χ1) is 13.1. The first kappa shape index (κ1) is 20.5. The zero-order valence-electron chi connectivity index (χ0n) is 14.2. The molecule has 0 fully saturated rings. The van der Waals surface area contributed by atoms with Crippen LogP contribution in [0.15, 0.2) is 46.4 Å². The van der Waals surface area contributed by atoms with E-state index in [2.05, 4.69) is 15.8 Å². The number of nitrogens with two attached hydrogens (primary N) is 1. The molecule has 0 atom stereocenters. The quantitative estimate of drug-likeness (QED) is 0.480. The normalized spacial score (nSPS) is 14.9. The van der Waals surface area contributed by atoms with Crippen LogP contribution in [0.5, 0.6) is 0 Å². The number of halogens is 2. The van der Waals surface area contributed by atoms with Crippen molar-refractivity contribution >= 4 is 73.5 Å². The van der Waals surface area contributed by atoms with Gasteiger partial charge in [0.25, 0.3) is 5.91 Å². The first-order valence-electron chi connectivity index (χ1n) is 7.63. The first-order valence-corrected chi connectivity index (χ1v) is 10.3. The summed E-state index contributed by atoms with van der Waals surface area (Å²) in [6.07, 6.45) is 0. The molecule has 0 unspecified atom stereocenters. The molecule has 1 heterocycles. The Kier molecular flexibility index (Phi) is 5.60. The second-order valence-electron chi connectivity index (χ2n) is 5.74. The van der Waals surface area contributed by atoms with Crippen LogP contribution in [0.4, 0.5) is 11.4 Å². The van der Waals surface area contributed by atoms with Gasteiger partial charge in [0, 0.05) is 23.3 Å². The number of fused-ring (bicyclic) bond motifs is 1. The topological polar surface area (TPSA) is 117 Å². The number of primary sulfonamides is 1. The van der Waals surface area contributed by atoms with Crippen LogP contribution in [-0.2, 0) is 14.8 Å². The lowest BCUT2D eigenvalue weighted by Gasteiger charge is -2.10. The monoisotopic (exact) mass is 457 g/mol. The number of hydrazone groups is 1. The molecule has 2 aromatic rings. The van der Waals surface area contributed by atoms with Gasteiger partial charge in [-0.3, -0.25) is 10.2 Å². The van der Waals surface area contributed by atoms with Crippen LogP contribution in [-0.4, -0.2) is 32.2 Å². The van der Waals surface area contributed by atoms with Gasteiger partial charge in [-0.15, -0.1) is 0 Å². The van der Waals surface area contributed by atoms with Crippen molar-refractivity contribution in [2.75, 3.05) is 17.3 Å². The lowest BCUT2D eigenvalue weighted by Crippen LogP contribution is -2.30. The minimum atomic E-state index is -3.78. The van der Waals surface area contributed by atoms with Gasteiger partial charge >= 0.3 is 0 Å². The maximum atomic E-state index is 12.4. The summed E-state index contributed by atoms with van der Waals surface area (Å²) in [5, 5.41) is 12.7. The van der Waals surface area contributed by atoms with E-state index in [4.69, 9.17) is 40.6 Å². The highest BCUT2D eigenvalue weighted by atomic mass is 35.5. The van der Waals surface area contributed by atoms with Gasteiger partial charge in [-0.1, -0.05) is 23.2 Å². The Bertz CT molecular complexity index is 1120. The summed E-state index contributed by atoms with van der Waals surface area (Å²) in [6, 6.07) is 8.78. The maximum Gasteiger partial charge on any atom is 0.279 e. The van der Waals surface area contributed by atoms with Crippen LogP contribution in [0, 0.1) is 0 Å². The molecule has 8 nitrogen and oxygen atoms in total. The number of anilines is 2. The fourth-order valence-electron chi connectivity index (χ4n) is 2.56. The Morgan fingerprint density at radius 3 is 2.46 bits per heavy atom. The van der Waals surface area contributed by atoms with Gasteiger partial charge in [0.05, 0.1) is 15.6 Å². The third-order valence-electron chi connectivity index (χ3n) is 3.84. The number of hydrogen-bond acceptors (Lipinski definition) is 5. The fraction of sp³-hybridized carbons (Fsp3) is 0.0625. The van der Waals surface area contributed by atoms with Crippen molar-refractivity contribution in [2.45, 2.75) is 4.90 Å². The molecule has 146 valence electrons. The molecule has 0 saturated carbocycles. The second-order valence-corrected chi connectivity index (χ2v) is 8.56. The van der Waals surface area contributed by atoms with Gasteiger partial charge in [0.1, 0.15) is 0 Å². The predicted molar refractivity (Wildman–Crippen MR) is 114 cm³/mol. The molecule has 3 rings (SSSR count). The van der Waals surface area contributed by atoms with E-state index >= 15 is 0 Å². The third-order valence-corrected chi connectivity index (χ3v) is 5.46. The van der Waals surface area contributed by atoms with E-state index < -0.39 is 10.0 Å². The predicted octanol–water partition coefficient (Wildman–Crippen LogP) is 2.31. The van der Waals surface area contributed by atoms with E-state index in [0.717, 1.165) is 0 Å².